The van der Waals surface area contributed by atoms with E-state index in [0.717, 1.165) is 51.5 Å². The van der Waals surface area contributed by atoms with Gasteiger partial charge < -0.3 is 9.64 Å². The van der Waals surface area contributed by atoms with Gasteiger partial charge in [0.1, 0.15) is 5.82 Å². The van der Waals surface area contributed by atoms with Crippen LogP contribution in [0.4, 0.5) is 0 Å². The first-order chi connectivity index (χ1) is 14.5. The smallest absolute Gasteiger partial charge is 0.230 e. The van der Waals surface area contributed by atoms with Crippen molar-refractivity contribution >= 4 is 5.91 Å². The van der Waals surface area contributed by atoms with E-state index in [0.29, 0.717) is 23.0 Å². The third kappa shape index (κ3) is 3.54. The van der Waals surface area contributed by atoms with E-state index in [1.54, 1.807) is 0 Å². The average molecular weight is 410 g/mol. The predicted octanol–water partition coefficient (Wildman–Crippen LogP) is 2.22. The molecule has 7 nitrogen and oxygen atoms in total. The Morgan fingerprint density at radius 1 is 1.23 bits per heavy atom. The van der Waals surface area contributed by atoms with Crippen LogP contribution in [-0.4, -0.2) is 76.8 Å². The summed E-state index contributed by atoms with van der Waals surface area (Å²) in [6.07, 6.45) is 1.47. The number of aromatic amines is 1. The molecule has 1 amide bonds. The van der Waals surface area contributed by atoms with Crippen molar-refractivity contribution in [2.75, 3.05) is 45.9 Å². The van der Waals surface area contributed by atoms with E-state index in [1.165, 1.54) is 6.42 Å². The fourth-order valence-corrected chi connectivity index (χ4v) is 6.08. The Labute approximate surface area is 177 Å². The van der Waals surface area contributed by atoms with Crippen LogP contribution in [0.25, 0.3) is 11.4 Å². The van der Waals surface area contributed by atoms with E-state index in [1.807, 2.05) is 30.3 Å². The van der Waals surface area contributed by atoms with Crippen molar-refractivity contribution in [3.05, 3.63) is 36.2 Å². The van der Waals surface area contributed by atoms with E-state index >= 15 is 0 Å². The highest BCUT2D eigenvalue weighted by Crippen LogP contribution is 2.63. The first-order valence-electron chi connectivity index (χ1n) is 11.0. The van der Waals surface area contributed by atoms with E-state index in [9.17, 15) is 4.79 Å². The molecule has 0 spiro atoms. The maximum absolute atomic E-state index is 13.1. The van der Waals surface area contributed by atoms with E-state index in [4.69, 9.17) is 4.74 Å². The van der Waals surface area contributed by atoms with E-state index in [2.05, 4.69) is 38.8 Å². The van der Waals surface area contributed by atoms with Crippen LogP contribution in [0.5, 0.6) is 0 Å². The summed E-state index contributed by atoms with van der Waals surface area (Å²) < 4.78 is 5.52. The largest absolute Gasteiger partial charge is 0.379 e. The molecule has 1 aliphatic carbocycles. The number of nitrogens with one attached hydrogen (secondary N) is 1. The van der Waals surface area contributed by atoms with Crippen LogP contribution < -0.4 is 0 Å². The number of rotatable bonds is 5. The standard InChI is InChI=1S/C23H31N5O2/c1-22(2)14-23(15-27-8-10-30-11-9-27)16-28(13-18(22)23)20(29)12-19-24-21(26-25-19)17-6-4-3-5-7-17/h3-7,18H,8-16H2,1-2H3,(H,24,25,26)/t18-,23+/m1/s1. The zero-order valence-corrected chi connectivity index (χ0v) is 17.9. The lowest BCUT2D eigenvalue weighted by Crippen LogP contribution is -2.59. The van der Waals surface area contributed by atoms with Crippen LogP contribution in [0.1, 0.15) is 26.1 Å². The van der Waals surface area contributed by atoms with Gasteiger partial charge in [0.2, 0.25) is 5.91 Å². The number of aromatic nitrogens is 3. The number of carbonyl (C=O) groups excluding carboxylic acids is 1. The van der Waals surface area contributed by atoms with Crippen molar-refractivity contribution in [3.63, 3.8) is 0 Å². The maximum Gasteiger partial charge on any atom is 0.230 e. The van der Waals surface area contributed by atoms with Crippen LogP contribution >= 0.6 is 0 Å². The summed E-state index contributed by atoms with van der Waals surface area (Å²) in [5, 5.41) is 7.25. The molecule has 30 heavy (non-hydrogen) atoms. The maximum atomic E-state index is 13.1. The van der Waals surface area contributed by atoms with Crippen LogP contribution in [0, 0.1) is 16.7 Å². The van der Waals surface area contributed by atoms with Crippen molar-refractivity contribution < 1.29 is 9.53 Å². The van der Waals surface area contributed by atoms with Gasteiger partial charge >= 0.3 is 0 Å². The summed E-state index contributed by atoms with van der Waals surface area (Å²) in [6, 6.07) is 9.85. The van der Waals surface area contributed by atoms with Crippen molar-refractivity contribution in [1.29, 1.82) is 0 Å². The number of hydrogen-bond acceptors (Lipinski definition) is 5. The van der Waals surface area contributed by atoms with Gasteiger partial charge in [-0.3, -0.25) is 14.8 Å². The number of H-pyrrole nitrogens is 1. The average Bonchev–Trinajstić information content (AvgIpc) is 3.32. The molecule has 2 atom stereocenters. The van der Waals surface area contributed by atoms with Crippen molar-refractivity contribution in [2.24, 2.45) is 16.7 Å². The predicted molar refractivity (Wildman–Crippen MR) is 114 cm³/mol. The Morgan fingerprint density at radius 3 is 2.73 bits per heavy atom. The SMILES string of the molecule is CC1(C)C[C@]2(CN3CCOCC3)CN(C(=O)Cc3nc(-c4ccccc4)n[nH]3)C[C@H]12. The molecule has 5 rings (SSSR count). The van der Waals surface area contributed by atoms with Crippen LogP contribution in [-0.2, 0) is 16.0 Å². The Bertz CT molecular complexity index is 905. The third-order valence-electron chi connectivity index (χ3n) is 7.28. The second kappa shape index (κ2) is 7.46. The molecule has 0 unspecified atom stereocenters. The highest BCUT2D eigenvalue weighted by Gasteiger charge is 2.63. The van der Waals surface area contributed by atoms with Crippen molar-refractivity contribution in [1.82, 2.24) is 25.0 Å². The van der Waals surface area contributed by atoms with E-state index in [-0.39, 0.29) is 17.7 Å². The zero-order valence-electron chi connectivity index (χ0n) is 17.9. The fourth-order valence-electron chi connectivity index (χ4n) is 6.08. The van der Waals surface area contributed by atoms with Gasteiger partial charge in [0.25, 0.3) is 0 Å². The number of benzene rings is 1. The molecule has 3 fully saturated rings. The van der Waals surface area contributed by atoms with Gasteiger partial charge in [0.15, 0.2) is 5.82 Å². The number of hydrogen-bond donors (Lipinski definition) is 1. The molecule has 7 heteroatoms. The summed E-state index contributed by atoms with van der Waals surface area (Å²) in [5.41, 5.74) is 1.49. The zero-order chi connectivity index (χ0) is 20.8. The molecule has 3 aliphatic rings. The van der Waals surface area contributed by atoms with Gasteiger partial charge in [-0.1, -0.05) is 44.2 Å². The number of likely N-dealkylation sites (tertiary alicyclic amines) is 1. The minimum atomic E-state index is 0.150. The number of fused-ring (bicyclic) bond motifs is 1. The molecule has 1 saturated carbocycles. The summed E-state index contributed by atoms with van der Waals surface area (Å²) in [7, 11) is 0. The Balaban J connectivity index is 1.26. The quantitative estimate of drug-likeness (QED) is 0.820. The number of amides is 1. The molecule has 0 radical (unpaired) electrons. The normalized spacial score (nSPS) is 28.2. The summed E-state index contributed by atoms with van der Waals surface area (Å²) in [4.78, 5) is 22.3. The summed E-state index contributed by atoms with van der Waals surface area (Å²) in [5.74, 6) is 1.99. The summed E-state index contributed by atoms with van der Waals surface area (Å²) in [6.45, 7) is 11.1. The Hall–Kier alpha value is -2.25. The highest BCUT2D eigenvalue weighted by molar-refractivity contribution is 5.78. The van der Waals surface area contributed by atoms with Crippen LogP contribution in [0.15, 0.2) is 30.3 Å². The molecule has 2 saturated heterocycles. The number of nitrogens with zero attached hydrogens (tertiary/aromatic N) is 4. The van der Waals surface area contributed by atoms with Gasteiger partial charge in [-0.25, -0.2) is 4.98 Å². The second-order valence-corrected chi connectivity index (χ2v) is 9.89. The molecule has 0 bridgehead atoms. The van der Waals surface area contributed by atoms with Gasteiger partial charge in [-0.05, 0) is 17.8 Å². The second-order valence-electron chi connectivity index (χ2n) is 9.89. The lowest BCUT2D eigenvalue weighted by molar-refractivity contribution is -0.130. The molecule has 1 aromatic heterocycles. The molecule has 2 aliphatic heterocycles. The monoisotopic (exact) mass is 409 g/mol. The molecule has 3 heterocycles. The molecule has 1 N–H and O–H groups in total. The number of morpholine rings is 1. The minimum Gasteiger partial charge on any atom is -0.379 e. The topological polar surface area (TPSA) is 74.3 Å². The van der Waals surface area contributed by atoms with Gasteiger partial charge in [0, 0.05) is 43.7 Å². The van der Waals surface area contributed by atoms with Gasteiger partial charge in [-0.15, -0.1) is 0 Å². The van der Waals surface area contributed by atoms with Crippen LogP contribution in [0.2, 0.25) is 0 Å². The highest BCUT2D eigenvalue weighted by atomic mass is 16.5. The Morgan fingerprint density at radius 2 is 2.00 bits per heavy atom. The number of ether oxygens (including phenoxy) is 1. The first kappa shape index (κ1) is 19.7. The molecule has 1 aromatic carbocycles. The molecular weight excluding hydrogens is 378 g/mol. The summed E-state index contributed by atoms with van der Waals surface area (Å²) >= 11 is 0. The lowest BCUT2D eigenvalue weighted by Gasteiger charge is -2.58. The van der Waals surface area contributed by atoms with Crippen molar-refractivity contribution in [2.45, 2.75) is 26.7 Å². The minimum absolute atomic E-state index is 0.150. The third-order valence-corrected chi connectivity index (χ3v) is 7.28. The Kier molecular flexibility index (Phi) is 4.90. The van der Waals surface area contributed by atoms with Crippen LogP contribution in [0.3, 0.4) is 0 Å². The number of carbonyl (C=O) groups is 1. The molecule has 160 valence electrons. The van der Waals surface area contributed by atoms with E-state index < -0.39 is 0 Å². The van der Waals surface area contributed by atoms with Crippen molar-refractivity contribution in [3.8, 4) is 11.4 Å². The fraction of sp³-hybridized carbons (Fsp3) is 0.609. The van der Waals surface area contributed by atoms with Gasteiger partial charge in [-0.2, -0.15) is 5.10 Å². The first-order valence-corrected chi connectivity index (χ1v) is 11.0. The lowest BCUT2D eigenvalue weighted by atomic mass is 9.48. The molecule has 2 aromatic rings. The molecular formula is C23H31N5O2. The van der Waals surface area contributed by atoms with Gasteiger partial charge in [0.05, 0.1) is 19.6 Å².